The van der Waals surface area contributed by atoms with Gasteiger partial charge in [-0.3, -0.25) is 10.1 Å². The molecule has 5 rings (SSSR count). The van der Waals surface area contributed by atoms with Crippen molar-refractivity contribution < 1.29 is 23.8 Å². The fourth-order valence-electron chi connectivity index (χ4n) is 3.38. The summed E-state index contributed by atoms with van der Waals surface area (Å²) in [6.07, 6.45) is -1.28. The third-order valence-electron chi connectivity index (χ3n) is 4.89. The van der Waals surface area contributed by atoms with E-state index in [0.29, 0.717) is 18.8 Å². The number of anilines is 1. The van der Waals surface area contributed by atoms with Gasteiger partial charge < -0.3 is 19.5 Å². The first-order valence-electron chi connectivity index (χ1n) is 9.47. The molecule has 2 aliphatic heterocycles. The summed E-state index contributed by atoms with van der Waals surface area (Å²) >= 11 is 1.65. The third kappa shape index (κ3) is 3.81. The largest absolute Gasteiger partial charge is 0.489 e. The van der Waals surface area contributed by atoms with Gasteiger partial charge in [-0.2, -0.15) is 0 Å². The smallest absolute Gasteiger partial charge is 0.414 e. The van der Waals surface area contributed by atoms with Gasteiger partial charge in [-0.05, 0) is 46.8 Å². The Morgan fingerprint density at radius 1 is 1.00 bits per heavy atom. The van der Waals surface area contributed by atoms with Gasteiger partial charge >= 0.3 is 6.09 Å². The number of hydrogen-bond donors (Lipinski definition) is 2. The number of imide groups is 1. The number of amides is 2. The van der Waals surface area contributed by atoms with Crippen LogP contribution in [-0.4, -0.2) is 18.1 Å². The lowest BCUT2D eigenvalue weighted by Crippen LogP contribution is -2.25. The third-order valence-corrected chi connectivity index (χ3v) is 5.81. The Kier molecular flexibility index (Phi) is 4.76. The van der Waals surface area contributed by atoms with Crippen LogP contribution in [0.3, 0.4) is 0 Å². The molecule has 7 nitrogen and oxygen atoms in total. The molecule has 0 aliphatic carbocycles. The van der Waals surface area contributed by atoms with Crippen molar-refractivity contribution in [1.29, 1.82) is 0 Å². The van der Waals surface area contributed by atoms with E-state index in [0.717, 1.165) is 27.4 Å². The van der Waals surface area contributed by atoms with Crippen molar-refractivity contribution in [3.63, 3.8) is 0 Å². The number of carbonyl (C=O) groups is 2. The Balaban J connectivity index is 1.18. The summed E-state index contributed by atoms with van der Waals surface area (Å²) in [5.74, 6) is 1.14. The molecule has 0 bridgehead atoms. The van der Waals surface area contributed by atoms with Crippen LogP contribution in [0.15, 0.2) is 60.0 Å². The lowest BCUT2D eigenvalue weighted by Gasteiger charge is -2.09. The summed E-state index contributed by atoms with van der Waals surface area (Å²) in [4.78, 5) is 23.8. The molecule has 2 amide bonds. The van der Waals surface area contributed by atoms with E-state index in [-0.39, 0.29) is 6.23 Å². The van der Waals surface area contributed by atoms with E-state index in [1.807, 2.05) is 60.0 Å². The molecule has 2 N–H and O–H groups in total. The predicted octanol–water partition coefficient (Wildman–Crippen LogP) is 4.01. The molecule has 2 atom stereocenters. The molecule has 1 aromatic heterocycles. The molecule has 8 heteroatoms. The Hall–Kier alpha value is -3.52. The summed E-state index contributed by atoms with van der Waals surface area (Å²) in [6, 6.07) is 17.4. The van der Waals surface area contributed by atoms with Crippen LogP contribution in [0, 0.1) is 0 Å². The number of alkyl carbamates (subject to hydrolysis) is 1. The molecule has 1 saturated heterocycles. The molecular weight excluding hydrogens is 404 g/mol. The molecule has 30 heavy (non-hydrogen) atoms. The second-order valence-corrected chi connectivity index (χ2v) is 7.99. The second-order valence-electron chi connectivity index (χ2n) is 7.01. The van der Waals surface area contributed by atoms with Crippen LogP contribution in [0.4, 0.5) is 10.5 Å². The van der Waals surface area contributed by atoms with Crippen molar-refractivity contribution in [2.75, 3.05) is 5.32 Å². The van der Waals surface area contributed by atoms with E-state index >= 15 is 0 Å². The Morgan fingerprint density at radius 3 is 2.57 bits per heavy atom. The maximum absolute atomic E-state index is 11.6. The van der Waals surface area contributed by atoms with Crippen molar-refractivity contribution in [3.8, 4) is 11.5 Å². The molecule has 152 valence electrons. The number of carbonyl (C=O) groups excluding carboxylic acids is 2. The average molecular weight is 422 g/mol. The van der Waals surface area contributed by atoms with E-state index < -0.39 is 18.1 Å². The highest BCUT2D eigenvalue weighted by molar-refractivity contribution is 7.10. The zero-order chi connectivity index (χ0) is 20.5. The molecule has 0 radical (unpaired) electrons. The van der Waals surface area contributed by atoms with E-state index in [1.54, 1.807) is 11.3 Å². The van der Waals surface area contributed by atoms with Gasteiger partial charge in [0.05, 0.1) is 10.6 Å². The highest BCUT2D eigenvalue weighted by atomic mass is 32.1. The van der Waals surface area contributed by atoms with E-state index in [1.165, 1.54) is 0 Å². The van der Waals surface area contributed by atoms with E-state index in [4.69, 9.17) is 14.2 Å². The van der Waals surface area contributed by atoms with Gasteiger partial charge in [0.15, 0.2) is 6.10 Å². The van der Waals surface area contributed by atoms with Crippen LogP contribution in [0.2, 0.25) is 0 Å². The predicted molar refractivity (Wildman–Crippen MR) is 111 cm³/mol. The molecule has 2 aromatic carbocycles. The van der Waals surface area contributed by atoms with Crippen molar-refractivity contribution in [3.05, 3.63) is 76.0 Å². The minimum Gasteiger partial charge on any atom is -0.489 e. The summed E-state index contributed by atoms with van der Waals surface area (Å²) in [5, 5.41) is 7.55. The maximum atomic E-state index is 11.6. The molecule has 0 spiro atoms. The summed E-state index contributed by atoms with van der Waals surface area (Å²) in [5.41, 5.74) is 2.86. The average Bonchev–Trinajstić information content (AvgIpc) is 3.47. The lowest BCUT2D eigenvalue weighted by atomic mass is 10.1. The number of rotatable bonds is 6. The molecule has 2 aliphatic rings. The number of thiophene rings is 1. The van der Waals surface area contributed by atoms with Gasteiger partial charge in [0, 0.05) is 6.42 Å². The van der Waals surface area contributed by atoms with Crippen LogP contribution in [0.5, 0.6) is 11.5 Å². The van der Waals surface area contributed by atoms with Gasteiger partial charge in [-0.15, -0.1) is 11.3 Å². The fraction of sp³-hybridized carbons (Fsp3) is 0.182. The number of ether oxygens (including phenoxy) is 3. The van der Waals surface area contributed by atoms with Crippen LogP contribution < -0.4 is 20.1 Å². The van der Waals surface area contributed by atoms with Crippen LogP contribution >= 0.6 is 11.3 Å². The summed E-state index contributed by atoms with van der Waals surface area (Å²) in [6.45, 7) is 0.417. The normalized spacial score (nSPS) is 19.5. The number of nitrogens with one attached hydrogen (secondary N) is 2. The molecular formula is C22H18N2O5S. The highest BCUT2D eigenvalue weighted by Gasteiger charge is 2.32. The molecule has 3 heterocycles. The number of fused-ring (bicyclic) bond motifs is 1. The molecule has 1 fully saturated rings. The van der Waals surface area contributed by atoms with Crippen molar-refractivity contribution in [2.24, 2.45) is 0 Å². The molecule has 2 unspecified atom stereocenters. The minimum absolute atomic E-state index is 0.148. The van der Waals surface area contributed by atoms with Gasteiger partial charge in [-0.25, -0.2) is 4.79 Å². The highest BCUT2D eigenvalue weighted by Crippen LogP contribution is 2.39. The quantitative estimate of drug-likeness (QED) is 0.624. The van der Waals surface area contributed by atoms with Crippen LogP contribution in [0.25, 0.3) is 0 Å². The van der Waals surface area contributed by atoms with E-state index in [9.17, 15) is 9.59 Å². The Morgan fingerprint density at radius 2 is 1.83 bits per heavy atom. The zero-order valence-electron chi connectivity index (χ0n) is 15.8. The number of cyclic esters (lactones) is 1. The first kappa shape index (κ1) is 18.5. The summed E-state index contributed by atoms with van der Waals surface area (Å²) in [7, 11) is 0. The van der Waals surface area contributed by atoms with E-state index in [2.05, 4.69) is 10.6 Å². The topological polar surface area (TPSA) is 85.9 Å². The van der Waals surface area contributed by atoms with Gasteiger partial charge in [0.25, 0.3) is 5.91 Å². The van der Waals surface area contributed by atoms with Gasteiger partial charge in [0.2, 0.25) is 6.23 Å². The SMILES string of the molecule is O=C1NC(=O)C(Cc2ccc(OCc3ccc4c(c3)NC(c3cccs3)O4)cc2)O1. The number of benzene rings is 2. The fourth-order valence-corrected chi connectivity index (χ4v) is 4.08. The van der Waals surface area contributed by atoms with Gasteiger partial charge in [-0.1, -0.05) is 24.3 Å². The Labute approximate surface area is 176 Å². The van der Waals surface area contributed by atoms with Crippen molar-refractivity contribution >= 4 is 29.0 Å². The van der Waals surface area contributed by atoms with Crippen molar-refractivity contribution in [1.82, 2.24) is 5.32 Å². The first-order chi connectivity index (χ1) is 14.6. The molecule has 3 aromatic rings. The lowest BCUT2D eigenvalue weighted by molar-refractivity contribution is -0.123. The second kappa shape index (κ2) is 7.72. The summed E-state index contributed by atoms with van der Waals surface area (Å²) < 4.78 is 16.8. The number of hydrogen-bond acceptors (Lipinski definition) is 7. The zero-order valence-corrected chi connectivity index (χ0v) is 16.6. The van der Waals surface area contributed by atoms with Crippen LogP contribution in [-0.2, 0) is 22.6 Å². The minimum atomic E-state index is -0.775. The van der Waals surface area contributed by atoms with Crippen LogP contribution in [0.1, 0.15) is 22.2 Å². The van der Waals surface area contributed by atoms with Gasteiger partial charge in [0.1, 0.15) is 18.1 Å². The standard InChI is InChI=1S/C22H18N2O5S/c25-20-18(29-22(26)24-20)11-13-3-6-15(7-4-13)27-12-14-5-8-17-16(10-14)23-21(28-17)19-2-1-9-30-19/h1-10,18,21,23H,11-12H2,(H,24,25,26). The Bertz CT molecular complexity index is 1080. The maximum Gasteiger partial charge on any atom is 0.414 e. The van der Waals surface area contributed by atoms with Crippen molar-refractivity contribution in [2.45, 2.75) is 25.4 Å². The monoisotopic (exact) mass is 422 g/mol. The first-order valence-corrected chi connectivity index (χ1v) is 10.3. The molecule has 0 saturated carbocycles.